The molecule has 1 amide bonds. The highest BCUT2D eigenvalue weighted by Crippen LogP contribution is 2.22. The lowest BCUT2D eigenvalue weighted by atomic mass is 10.2. The minimum atomic E-state index is -0.663. The van der Waals surface area contributed by atoms with E-state index < -0.39 is 6.04 Å². The molecule has 3 rings (SSSR count). The van der Waals surface area contributed by atoms with Gasteiger partial charge < -0.3 is 15.5 Å². The number of carbonyl (C=O) groups is 1. The summed E-state index contributed by atoms with van der Waals surface area (Å²) in [4.78, 5) is 17.3. The van der Waals surface area contributed by atoms with Crippen molar-refractivity contribution in [1.29, 1.82) is 0 Å². The number of aromatic nitrogens is 1. The van der Waals surface area contributed by atoms with Crippen LogP contribution in [0.2, 0.25) is 0 Å². The highest BCUT2D eigenvalue weighted by Gasteiger charge is 2.17. The average Bonchev–Trinajstić information content (AvgIpc) is 3.14. The molecule has 108 valence electrons. The molecule has 1 aromatic carbocycles. The Morgan fingerprint density at radius 1 is 1.48 bits per heavy atom. The van der Waals surface area contributed by atoms with Gasteiger partial charge in [0, 0.05) is 17.0 Å². The number of nitrogens with zero attached hydrogens (tertiary/aromatic N) is 1. The maximum Gasteiger partial charge on any atom is 0.246 e. The van der Waals surface area contributed by atoms with Crippen LogP contribution in [0.1, 0.15) is 23.7 Å². The van der Waals surface area contributed by atoms with E-state index in [0.29, 0.717) is 17.2 Å². The number of hydrogen-bond donors (Lipinski definition) is 2. The number of anilines is 1. The van der Waals surface area contributed by atoms with Gasteiger partial charge in [0.25, 0.3) is 0 Å². The molecule has 0 aliphatic heterocycles. The highest BCUT2D eigenvalue weighted by atomic mass is 32.1. The summed E-state index contributed by atoms with van der Waals surface area (Å²) in [6.07, 6.45) is 0.736. The molecule has 0 saturated heterocycles. The van der Waals surface area contributed by atoms with Crippen molar-refractivity contribution < 1.29 is 9.21 Å². The summed E-state index contributed by atoms with van der Waals surface area (Å²) in [6, 6.07) is 8.44. The number of aryl methyl sites for hydroxylation is 1. The number of thiophene rings is 1. The van der Waals surface area contributed by atoms with E-state index in [1.165, 1.54) is 11.3 Å². The highest BCUT2D eigenvalue weighted by molar-refractivity contribution is 7.10. The fraction of sp³-hybridized carbons (Fsp3) is 0.200. The van der Waals surface area contributed by atoms with Crippen LogP contribution in [0, 0.1) is 0 Å². The molecule has 5 nitrogen and oxygen atoms in total. The van der Waals surface area contributed by atoms with E-state index in [9.17, 15) is 4.79 Å². The van der Waals surface area contributed by atoms with Crippen molar-refractivity contribution in [3.8, 4) is 0 Å². The molecular formula is C15H15N3O2S. The minimum Gasteiger partial charge on any atom is -0.441 e. The molecule has 6 heteroatoms. The smallest absolute Gasteiger partial charge is 0.246 e. The van der Waals surface area contributed by atoms with Crippen LogP contribution in [0.3, 0.4) is 0 Å². The van der Waals surface area contributed by atoms with E-state index >= 15 is 0 Å². The summed E-state index contributed by atoms with van der Waals surface area (Å²) in [6.45, 7) is 1.98. The molecule has 2 aromatic heterocycles. The monoisotopic (exact) mass is 301 g/mol. The second-order valence-corrected chi connectivity index (χ2v) is 5.61. The number of hydrogen-bond acceptors (Lipinski definition) is 5. The summed E-state index contributed by atoms with van der Waals surface area (Å²) in [5.41, 5.74) is 8.04. The predicted octanol–water partition coefficient (Wildman–Crippen LogP) is 3.09. The van der Waals surface area contributed by atoms with Crippen LogP contribution in [0.4, 0.5) is 5.69 Å². The van der Waals surface area contributed by atoms with E-state index in [1.54, 1.807) is 18.2 Å². The Kier molecular flexibility index (Phi) is 3.72. The van der Waals surface area contributed by atoms with Gasteiger partial charge in [-0.2, -0.15) is 0 Å². The fourth-order valence-electron chi connectivity index (χ4n) is 2.02. The number of amides is 1. The Morgan fingerprint density at radius 3 is 3.05 bits per heavy atom. The number of nitrogens with two attached hydrogens (primary N) is 1. The van der Waals surface area contributed by atoms with Gasteiger partial charge in [-0.3, -0.25) is 4.79 Å². The van der Waals surface area contributed by atoms with E-state index in [1.807, 2.05) is 24.4 Å². The van der Waals surface area contributed by atoms with Crippen molar-refractivity contribution in [1.82, 2.24) is 4.98 Å². The lowest BCUT2D eigenvalue weighted by Gasteiger charge is -2.10. The molecule has 1 unspecified atom stereocenters. The Labute approximate surface area is 125 Å². The topological polar surface area (TPSA) is 81.2 Å². The van der Waals surface area contributed by atoms with E-state index in [0.717, 1.165) is 16.8 Å². The van der Waals surface area contributed by atoms with Gasteiger partial charge in [-0.1, -0.05) is 13.0 Å². The van der Waals surface area contributed by atoms with E-state index in [4.69, 9.17) is 10.2 Å². The lowest BCUT2D eigenvalue weighted by Crippen LogP contribution is -2.26. The Morgan fingerprint density at radius 2 is 2.33 bits per heavy atom. The number of oxazole rings is 1. The van der Waals surface area contributed by atoms with Gasteiger partial charge >= 0.3 is 0 Å². The normalized spacial score (nSPS) is 12.5. The van der Waals surface area contributed by atoms with Crippen molar-refractivity contribution >= 4 is 34.0 Å². The zero-order valence-corrected chi connectivity index (χ0v) is 12.3. The summed E-state index contributed by atoms with van der Waals surface area (Å²) in [7, 11) is 0. The quantitative estimate of drug-likeness (QED) is 0.776. The minimum absolute atomic E-state index is 0.240. The molecule has 0 fully saturated rings. The van der Waals surface area contributed by atoms with Crippen LogP contribution in [0.15, 0.2) is 40.1 Å². The second-order valence-electron chi connectivity index (χ2n) is 4.63. The lowest BCUT2D eigenvalue weighted by molar-refractivity contribution is -0.117. The third-order valence-corrected chi connectivity index (χ3v) is 4.09. The average molecular weight is 301 g/mol. The van der Waals surface area contributed by atoms with Crippen LogP contribution >= 0.6 is 11.3 Å². The largest absolute Gasteiger partial charge is 0.441 e. The molecule has 1 atom stereocenters. The van der Waals surface area contributed by atoms with Crippen LogP contribution in [-0.4, -0.2) is 10.9 Å². The Balaban J connectivity index is 1.79. The van der Waals surface area contributed by atoms with E-state index in [-0.39, 0.29) is 5.91 Å². The molecule has 21 heavy (non-hydrogen) atoms. The first-order valence-corrected chi connectivity index (χ1v) is 7.54. The van der Waals surface area contributed by atoms with Crippen molar-refractivity contribution in [2.24, 2.45) is 5.73 Å². The first-order chi connectivity index (χ1) is 10.2. The first-order valence-electron chi connectivity index (χ1n) is 6.66. The van der Waals surface area contributed by atoms with Crippen LogP contribution < -0.4 is 11.1 Å². The first kappa shape index (κ1) is 13.8. The van der Waals surface area contributed by atoms with Crippen molar-refractivity contribution in [3.05, 3.63) is 46.5 Å². The maximum atomic E-state index is 12.1. The Hall–Kier alpha value is -2.18. The number of carbonyl (C=O) groups excluding carboxylic acids is 1. The standard InChI is InChI=1S/C15H15N3O2S/c1-2-13-18-10-8-9(5-6-11(10)20-13)17-15(19)14(16)12-4-3-7-21-12/h3-8,14H,2,16H2,1H3,(H,17,19). The van der Waals surface area contributed by atoms with Crippen molar-refractivity contribution in [3.63, 3.8) is 0 Å². The Bertz CT molecular complexity index is 764. The predicted molar refractivity (Wildman–Crippen MR) is 83.3 cm³/mol. The van der Waals surface area contributed by atoms with Crippen LogP contribution in [-0.2, 0) is 11.2 Å². The van der Waals surface area contributed by atoms with Crippen molar-refractivity contribution in [2.45, 2.75) is 19.4 Å². The number of nitrogens with one attached hydrogen (secondary N) is 1. The zero-order valence-electron chi connectivity index (χ0n) is 11.5. The molecule has 3 N–H and O–H groups in total. The molecule has 3 aromatic rings. The molecule has 0 aliphatic carbocycles. The molecule has 0 aliphatic rings. The van der Waals surface area contributed by atoms with Gasteiger partial charge in [0.1, 0.15) is 11.6 Å². The fourth-order valence-corrected chi connectivity index (χ4v) is 2.75. The molecule has 0 spiro atoms. The summed E-state index contributed by atoms with van der Waals surface area (Å²) < 4.78 is 5.54. The third-order valence-electron chi connectivity index (χ3n) is 3.13. The van der Waals surface area contributed by atoms with Crippen molar-refractivity contribution in [2.75, 3.05) is 5.32 Å². The van der Waals surface area contributed by atoms with Gasteiger partial charge in [-0.25, -0.2) is 4.98 Å². The van der Waals surface area contributed by atoms with E-state index in [2.05, 4.69) is 10.3 Å². The van der Waals surface area contributed by atoms with Gasteiger partial charge in [-0.15, -0.1) is 11.3 Å². The summed E-state index contributed by atoms with van der Waals surface area (Å²) in [5.74, 6) is 0.444. The maximum absolute atomic E-state index is 12.1. The zero-order chi connectivity index (χ0) is 14.8. The van der Waals surface area contributed by atoms with Gasteiger partial charge in [0.15, 0.2) is 11.5 Å². The third kappa shape index (κ3) is 2.81. The molecule has 2 heterocycles. The number of fused-ring (bicyclic) bond motifs is 1. The van der Waals surface area contributed by atoms with Gasteiger partial charge in [0.05, 0.1) is 0 Å². The number of benzene rings is 1. The molecule has 0 bridgehead atoms. The summed E-state index contributed by atoms with van der Waals surface area (Å²) >= 11 is 1.47. The van der Waals surface area contributed by atoms with Crippen LogP contribution in [0.25, 0.3) is 11.1 Å². The molecule has 0 radical (unpaired) electrons. The second kappa shape index (κ2) is 5.67. The molecule has 0 saturated carbocycles. The number of rotatable bonds is 4. The van der Waals surface area contributed by atoms with Gasteiger partial charge in [-0.05, 0) is 29.6 Å². The molecular weight excluding hydrogens is 286 g/mol. The van der Waals surface area contributed by atoms with Gasteiger partial charge in [0.2, 0.25) is 5.91 Å². The summed E-state index contributed by atoms with van der Waals surface area (Å²) in [5, 5.41) is 4.71. The SMILES string of the molecule is CCc1nc2cc(NC(=O)C(N)c3cccs3)ccc2o1. The van der Waals surface area contributed by atoms with Crippen LogP contribution in [0.5, 0.6) is 0 Å².